The molecule has 0 bridgehead atoms. The second-order valence-corrected chi connectivity index (χ2v) is 8.69. The first kappa shape index (κ1) is 20.9. The Morgan fingerprint density at radius 1 is 0.964 bits per heavy atom. The van der Waals surface area contributed by atoms with Crippen LogP contribution in [0.3, 0.4) is 0 Å². The highest BCUT2D eigenvalue weighted by atomic mass is 16.2. The fourth-order valence-electron chi connectivity index (χ4n) is 4.72. The third-order valence-corrected chi connectivity index (χ3v) is 6.52. The summed E-state index contributed by atoms with van der Waals surface area (Å²) in [5.74, 6) is 0.322. The van der Waals surface area contributed by atoms with Crippen LogP contribution in [0.5, 0.6) is 0 Å². The van der Waals surface area contributed by atoms with Gasteiger partial charge in [0, 0.05) is 18.5 Å². The first-order valence-corrected chi connectivity index (χ1v) is 11.3. The fraction of sp³-hybridized carbons (Fsp3) is 0.667. The Labute approximate surface area is 170 Å². The number of benzene rings is 1. The van der Waals surface area contributed by atoms with Crippen LogP contribution in [0.15, 0.2) is 30.3 Å². The zero-order chi connectivity index (χ0) is 19.8. The Morgan fingerprint density at radius 2 is 1.57 bits per heavy atom. The number of rotatable bonds is 6. The van der Waals surface area contributed by atoms with Gasteiger partial charge in [-0.25, -0.2) is 4.79 Å². The van der Waals surface area contributed by atoms with E-state index < -0.39 is 0 Å². The summed E-state index contributed by atoms with van der Waals surface area (Å²) in [4.78, 5) is 27.8. The zero-order valence-corrected chi connectivity index (χ0v) is 17.4. The van der Waals surface area contributed by atoms with Gasteiger partial charge in [0.05, 0.1) is 0 Å². The number of carbonyl (C=O) groups excluding carboxylic acids is 2. The van der Waals surface area contributed by atoms with Crippen molar-refractivity contribution in [3.8, 4) is 0 Å². The third kappa shape index (κ3) is 5.83. The smallest absolute Gasteiger partial charge is 0.324 e. The van der Waals surface area contributed by atoms with E-state index in [0.717, 1.165) is 44.9 Å². The van der Waals surface area contributed by atoms with Crippen LogP contribution in [0.4, 0.5) is 4.79 Å². The minimum atomic E-state index is -0.142. The summed E-state index contributed by atoms with van der Waals surface area (Å²) in [7, 11) is 0. The molecule has 2 aliphatic rings. The van der Waals surface area contributed by atoms with Crippen molar-refractivity contribution in [2.45, 2.75) is 102 Å². The van der Waals surface area contributed by atoms with E-state index >= 15 is 0 Å². The Hall–Kier alpha value is -1.84. The van der Waals surface area contributed by atoms with Crippen molar-refractivity contribution >= 4 is 11.9 Å². The molecule has 1 aromatic rings. The van der Waals surface area contributed by atoms with E-state index in [1.165, 1.54) is 31.2 Å². The molecule has 1 atom stereocenters. The molecule has 0 aliphatic heterocycles. The molecule has 28 heavy (non-hydrogen) atoms. The Kier molecular flexibility index (Phi) is 7.93. The number of imide groups is 1. The highest BCUT2D eigenvalue weighted by Crippen LogP contribution is 2.26. The minimum absolute atomic E-state index is 0.00277. The van der Waals surface area contributed by atoms with Crippen molar-refractivity contribution in [3.63, 3.8) is 0 Å². The van der Waals surface area contributed by atoms with Crippen LogP contribution in [0.2, 0.25) is 0 Å². The van der Waals surface area contributed by atoms with Gasteiger partial charge in [-0.05, 0) is 43.6 Å². The number of hydrogen-bond acceptors (Lipinski definition) is 2. The molecule has 0 unspecified atom stereocenters. The molecule has 0 aromatic heterocycles. The minimum Gasteiger partial charge on any atom is -0.335 e. The lowest BCUT2D eigenvalue weighted by Crippen LogP contribution is -2.52. The molecular weight excluding hydrogens is 348 g/mol. The zero-order valence-electron chi connectivity index (χ0n) is 17.4. The Morgan fingerprint density at radius 3 is 2.21 bits per heavy atom. The predicted molar refractivity (Wildman–Crippen MR) is 113 cm³/mol. The number of nitrogens with zero attached hydrogens (tertiary/aromatic N) is 1. The van der Waals surface area contributed by atoms with Crippen LogP contribution in [-0.4, -0.2) is 28.9 Å². The highest BCUT2D eigenvalue weighted by molar-refractivity contribution is 5.95. The molecule has 4 nitrogen and oxygen atoms in total. The second-order valence-electron chi connectivity index (χ2n) is 8.69. The maximum atomic E-state index is 13.1. The third-order valence-electron chi connectivity index (χ3n) is 6.52. The van der Waals surface area contributed by atoms with Gasteiger partial charge in [0.2, 0.25) is 5.91 Å². The van der Waals surface area contributed by atoms with Gasteiger partial charge < -0.3 is 5.32 Å². The van der Waals surface area contributed by atoms with Crippen LogP contribution >= 0.6 is 0 Å². The maximum Gasteiger partial charge on any atom is 0.324 e. The molecule has 2 fully saturated rings. The molecule has 3 amide bonds. The standard InChI is InChI=1S/C24H36N2O2/c1-19(20-11-5-2-6-12-20)17-18-23(27)26(22-15-9-4-10-16-22)24(28)25-21-13-7-3-8-14-21/h2,5-6,11-12,19,21-22H,3-4,7-10,13-18H2,1H3,(H,25,28)/t19-/m0/s1. The summed E-state index contributed by atoms with van der Waals surface area (Å²) in [6.45, 7) is 2.16. The topological polar surface area (TPSA) is 49.4 Å². The van der Waals surface area contributed by atoms with E-state index in [0.29, 0.717) is 12.3 Å². The normalized spacial score (nSPS) is 19.8. The summed E-state index contributed by atoms with van der Waals surface area (Å²) in [6.07, 6.45) is 12.3. The van der Waals surface area contributed by atoms with E-state index in [-0.39, 0.29) is 24.0 Å². The van der Waals surface area contributed by atoms with E-state index in [4.69, 9.17) is 0 Å². The molecule has 2 aliphatic carbocycles. The van der Waals surface area contributed by atoms with E-state index in [1.54, 1.807) is 4.90 Å². The van der Waals surface area contributed by atoms with Crippen molar-refractivity contribution in [2.75, 3.05) is 0 Å². The lowest BCUT2D eigenvalue weighted by atomic mass is 9.92. The van der Waals surface area contributed by atoms with Crippen molar-refractivity contribution in [1.29, 1.82) is 0 Å². The van der Waals surface area contributed by atoms with Gasteiger partial charge in [0.15, 0.2) is 0 Å². The van der Waals surface area contributed by atoms with Gasteiger partial charge in [-0.1, -0.05) is 75.8 Å². The van der Waals surface area contributed by atoms with Crippen molar-refractivity contribution in [3.05, 3.63) is 35.9 Å². The van der Waals surface area contributed by atoms with Crippen molar-refractivity contribution in [1.82, 2.24) is 10.2 Å². The molecule has 1 aromatic carbocycles. The van der Waals surface area contributed by atoms with Crippen LogP contribution < -0.4 is 5.32 Å². The fourth-order valence-corrected chi connectivity index (χ4v) is 4.72. The molecule has 154 valence electrons. The number of carbonyl (C=O) groups is 2. The molecular formula is C24H36N2O2. The monoisotopic (exact) mass is 384 g/mol. The molecule has 0 radical (unpaired) electrons. The lowest BCUT2D eigenvalue weighted by Gasteiger charge is -2.35. The second kappa shape index (κ2) is 10.6. The average molecular weight is 385 g/mol. The van der Waals surface area contributed by atoms with Gasteiger partial charge in [-0.15, -0.1) is 0 Å². The highest BCUT2D eigenvalue weighted by Gasteiger charge is 2.32. The van der Waals surface area contributed by atoms with E-state index in [2.05, 4.69) is 24.4 Å². The van der Waals surface area contributed by atoms with Gasteiger partial charge in [0.25, 0.3) is 0 Å². The summed E-state index contributed by atoms with van der Waals surface area (Å²) < 4.78 is 0. The number of nitrogens with one attached hydrogen (secondary N) is 1. The van der Waals surface area contributed by atoms with Crippen LogP contribution in [-0.2, 0) is 4.79 Å². The van der Waals surface area contributed by atoms with Crippen LogP contribution in [0.25, 0.3) is 0 Å². The number of amides is 3. The maximum absolute atomic E-state index is 13.1. The first-order chi connectivity index (χ1) is 13.6. The number of hydrogen-bond donors (Lipinski definition) is 1. The molecule has 0 saturated heterocycles. The average Bonchev–Trinajstić information content (AvgIpc) is 2.74. The van der Waals surface area contributed by atoms with Gasteiger partial charge >= 0.3 is 6.03 Å². The molecule has 1 N–H and O–H groups in total. The summed E-state index contributed by atoms with van der Waals surface area (Å²) in [6, 6.07) is 10.5. The van der Waals surface area contributed by atoms with Gasteiger partial charge in [-0.3, -0.25) is 9.69 Å². The molecule has 0 spiro atoms. The quantitative estimate of drug-likeness (QED) is 0.676. The first-order valence-electron chi connectivity index (χ1n) is 11.3. The van der Waals surface area contributed by atoms with Gasteiger partial charge in [-0.2, -0.15) is 0 Å². The molecule has 4 heteroatoms. The summed E-state index contributed by atoms with van der Waals surface area (Å²) >= 11 is 0. The Bertz CT molecular complexity index is 619. The van der Waals surface area contributed by atoms with Crippen LogP contribution in [0, 0.1) is 0 Å². The summed E-state index contributed by atoms with van der Waals surface area (Å²) in [5, 5.41) is 3.18. The number of urea groups is 1. The van der Waals surface area contributed by atoms with Gasteiger partial charge in [0.1, 0.15) is 0 Å². The largest absolute Gasteiger partial charge is 0.335 e. The van der Waals surface area contributed by atoms with Crippen LogP contribution in [0.1, 0.15) is 95.5 Å². The lowest BCUT2D eigenvalue weighted by molar-refractivity contribution is -0.130. The van der Waals surface area contributed by atoms with Crippen molar-refractivity contribution in [2.24, 2.45) is 0 Å². The van der Waals surface area contributed by atoms with E-state index in [1.807, 2.05) is 18.2 Å². The summed E-state index contributed by atoms with van der Waals surface area (Å²) in [5.41, 5.74) is 1.26. The molecule has 3 rings (SSSR count). The molecule has 0 heterocycles. The van der Waals surface area contributed by atoms with Crippen molar-refractivity contribution < 1.29 is 9.59 Å². The predicted octanol–water partition coefficient (Wildman–Crippen LogP) is 5.77. The van der Waals surface area contributed by atoms with E-state index in [9.17, 15) is 9.59 Å². The molecule has 2 saturated carbocycles. The SMILES string of the molecule is C[C@@H](CCC(=O)N(C(=O)NC1CCCCC1)C1CCCCC1)c1ccccc1. The Balaban J connectivity index is 1.61.